The van der Waals surface area contributed by atoms with E-state index in [9.17, 15) is 0 Å². The van der Waals surface area contributed by atoms with Gasteiger partial charge in [0.25, 0.3) is 0 Å². The zero-order valence-electron chi connectivity index (χ0n) is 9.43. The number of pyridine rings is 1. The van der Waals surface area contributed by atoms with Crippen LogP contribution in [0.4, 0.5) is 0 Å². The maximum absolute atomic E-state index is 9.17. The second kappa shape index (κ2) is 3.57. The molecule has 2 heterocycles. The molecule has 2 aromatic heterocycles. The van der Waals surface area contributed by atoms with E-state index in [0.29, 0.717) is 17.0 Å². The van der Waals surface area contributed by atoms with Crippen molar-refractivity contribution in [2.45, 2.75) is 26.2 Å². The lowest BCUT2D eigenvalue weighted by atomic mass is 9.81. The summed E-state index contributed by atoms with van der Waals surface area (Å²) >= 11 is 0. The van der Waals surface area contributed by atoms with Gasteiger partial charge in [-0.25, -0.2) is 4.98 Å². The Hall–Kier alpha value is -1.40. The first kappa shape index (κ1) is 11.1. The molecule has 0 saturated heterocycles. The highest BCUT2D eigenvalue weighted by molar-refractivity contribution is 6.61. The molecule has 0 amide bonds. The lowest BCUT2D eigenvalue weighted by Crippen LogP contribution is -2.31. The van der Waals surface area contributed by atoms with E-state index in [1.165, 1.54) is 12.4 Å². The van der Waals surface area contributed by atoms with E-state index >= 15 is 0 Å². The summed E-state index contributed by atoms with van der Waals surface area (Å²) in [6.45, 7) is 5.92. The van der Waals surface area contributed by atoms with E-state index in [-0.39, 0.29) is 10.9 Å². The average molecular weight is 220 g/mol. The van der Waals surface area contributed by atoms with Crippen molar-refractivity contribution in [1.82, 2.24) is 9.97 Å². The predicted molar refractivity (Wildman–Crippen MR) is 60.3 cm³/mol. The highest BCUT2D eigenvalue weighted by Gasteiger charge is 2.24. The number of rotatable bonds is 1. The van der Waals surface area contributed by atoms with Gasteiger partial charge in [-0.2, -0.15) is 0 Å². The van der Waals surface area contributed by atoms with Crippen LogP contribution < -0.4 is 5.46 Å². The van der Waals surface area contributed by atoms with Crippen molar-refractivity contribution in [1.29, 1.82) is 0 Å². The van der Waals surface area contributed by atoms with Gasteiger partial charge >= 0.3 is 7.12 Å². The molecule has 84 valence electrons. The number of aromatic nitrogens is 2. The van der Waals surface area contributed by atoms with Crippen LogP contribution in [0.5, 0.6) is 0 Å². The fourth-order valence-electron chi connectivity index (χ4n) is 1.38. The van der Waals surface area contributed by atoms with Gasteiger partial charge in [-0.15, -0.1) is 0 Å². The molecular formula is C10H13BN2O3. The van der Waals surface area contributed by atoms with E-state index in [0.717, 1.165) is 0 Å². The summed E-state index contributed by atoms with van der Waals surface area (Å²) < 4.78 is 5.53. The Bertz CT molecular complexity index is 516. The Morgan fingerprint density at radius 1 is 1.25 bits per heavy atom. The number of nitrogens with zero attached hydrogens (tertiary/aromatic N) is 2. The monoisotopic (exact) mass is 220 g/mol. The Morgan fingerprint density at radius 2 is 1.94 bits per heavy atom. The molecule has 6 heteroatoms. The fourth-order valence-corrected chi connectivity index (χ4v) is 1.38. The van der Waals surface area contributed by atoms with Crippen molar-refractivity contribution < 1.29 is 14.5 Å². The van der Waals surface area contributed by atoms with Gasteiger partial charge in [-0.3, -0.25) is 4.98 Å². The van der Waals surface area contributed by atoms with Crippen molar-refractivity contribution >= 4 is 23.7 Å². The van der Waals surface area contributed by atoms with Crippen LogP contribution in [0, 0.1) is 0 Å². The van der Waals surface area contributed by atoms with E-state index in [1.54, 1.807) is 0 Å². The highest BCUT2D eigenvalue weighted by atomic mass is 16.4. The number of hydrogen-bond acceptors (Lipinski definition) is 5. The minimum Gasteiger partial charge on any atom is -0.439 e. The third-order valence-electron chi connectivity index (χ3n) is 2.25. The van der Waals surface area contributed by atoms with Gasteiger partial charge in [0, 0.05) is 17.1 Å². The minimum atomic E-state index is -1.59. The molecule has 0 saturated carbocycles. The normalized spacial score (nSPS) is 12.1. The van der Waals surface area contributed by atoms with Crippen molar-refractivity contribution in [2.75, 3.05) is 0 Å². The lowest BCUT2D eigenvalue weighted by Gasteiger charge is -2.11. The molecule has 0 unspecified atom stereocenters. The van der Waals surface area contributed by atoms with Crippen LogP contribution in [0.3, 0.4) is 0 Å². The number of fused-ring (bicyclic) bond motifs is 1. The Kier molecular flexibility index (Phi) is 2.48. The van der Waals surface area contributed by atoms with E-state index < -0.39 is 7.12 Å². The molecule has 0 spiro atoms. The van der Waals surface area contributed by atoms with Crippen LogP contribution in [-0.4, -0.2) is 27.1 Å². The molecule has 0 aliphatic heterocycles. The molecule has 0 atom stereocenters. The molecule has 0 aliphatic carbocycles. The van der Waals surface area contributed by atoms with E-state index in [2.05, 4.69) is 9.97 Å². The molecule has 2 rings (SSSR count). The quantitative estimate of drug-likeness (QED) is 0.671. The maximum Gasteiger partial charge on any atom is 0.492 e. The Balaban J connectivity index is 2.66. The fraction of sp³-hybridized carbons (Fsp3) is 0.400. The summed E-state index contributed by atoms with van der Waals surface area (Å²) in [6.07, 6.45) is 2.89. The van der Waals surface area contributed by atoms with Gasteiger partial charge in [0.2, 0.25) is 5.89 Å². The standard InChI is InChI=1S/C10H13BN2O3/c1-10(2,3)9-13-8-6(11(14)15)4-12-5-7(8)16-9/h4-5,14-15H,1-3H3. The molecule has 0 bridgehead atoms. The van der Waals surface area contributed by atoms with Gasteiger partial charge in [0.05, 0.1) is 6.20 Å². The molecule has 0 radical (unpaired) electrons. The van der Waals surface area contributed by atoms with Crippen LogP contribution in [0.25, 0.3) is 11.1 Å². The molecule has 0 aliphatic rings. The molecular weight excluding hydrogens is 207 g/mol. The van der Waals surface area contributed by atoms with Crippen molar-refractivity contribution in [2.24, 2.45) is 0 Å². The smallest absolute Gasteiger partial charge is 0.439 e. The molecule has 0 fully saturated rings. The first-order valence-electron chi connectivity index (χ1n) is 5.00. The van der Waals surface area contributed by atoms with Crippen LogP contribution >= 0.6 is 0 Å². The first-order valence-corrected chi connectivity index (χ1v) is 5.00. The van der Waals surface area contributed by atoms with Crippen LogP contribution in [0.15, 0.2) is 16.8 Å². The molecule has 5 nitrogen and oxygen atoms in total. The van der Waals surface area contributed by atoms with Crippen LogP contribution in [0.2, 0.25) is 0 Å². The van der Waals surface area contributed by atoms with Gasteiger partial charge in [-0.1, -0.05) is 20.8 Å². The zero-order valence-corrected chi connectivity index (χ0v) is 9.43. The Morgan fingerprint density at radius 3 is 2.50 bits per heavy atom. The van der Waals surface area contributed by atoms with Gasteiger partial charge in [0.1, 0.15) is 5.52 Å². The van der Waals surface area contributed by atoms with Crippen molar-refractivity contribution in [3.05, 3.63) is 18.3 Å². The summed E-state index contributed by atoms with van der Waals surface area (Å²) in [5, 5.41) is 18.3. The summed E-state index contributed by atoms with van der Waals surface area (Å²) in [5.41, 5.74) is 0.957. The maximum atomic E-state index is 9.17. The van der Waals surface area contributed by atoms with Gasteiger partial charge < -0.3 is 14.5 Å². The average Bonchev–Trinajstić information content (AvgIpc) is 2.59. The predicted octanol–water partition coefficient (Wildman–Crippen LogP) is 0.200. The van der Waals surface area contributed by atoms with Crippen LogP contribution in [0.1, 0.15) is 26.7 Å². The van der Waals surface area contributed by atoms with E-state index in [1.807, 2.05) is 20.8 Å². The second-order valence-corrected chi connectivity index (χ2v) is 4.72. The third kappa shape index (κ3) is 1.81. The topological polar surface area (TPSA) is 79.4 Å². The first-order chi connectivity index (χ1) is 7.39. The molecule has 16 heavy (non-hydrogen) atoms. The largest absolute Gasteiger partial charge is 0.492 e. The minimum absolute atomic E-state index is 0.225. The summed E-state index contributed by atoms with van der Waals surface area (Å²) in [4.78, 5) is 8.15. The van der Waals surface area contributed by atoms with Crippen LogP contribution in [-0.2, 0) is 5.41 Å². The third-order valence-corrected chi connectivity index (χ3v) is 2.25. The second-order valence-electron chi connectivity index (χ2n) is 4.72. The SMILES string of the molecule is CC(C)(C)c1nc2c(B(O)O)cncc2o1. The van der Waals surface area contributed by atoms with Gasteiger partial charge in [0.15, 0.2) is 5.58 Å². The van der Waals surface area contributed by atoms with Crippen molar-refractivity contribution in [3.8, 4) is 0 Å². The zero-order chi connectivity index (χ0) is 11.9. The van der Waals surface area contributed by atoms with Crippen molar-refractivity contribution in [3.63, 3.8) is 0 Å². The highest BCUT2D eigenvalue weighted by Crippen LogP contribution is 2.24. The molecule has 0 aromatic carbocycles. The molecule has 2 aromatic rings. The van der Waals surface area contributed by atoms with Gasteiger partial charge in [-0.05, 0) is 0 Å². The summed E-state index contributed by atoms with van der Waals surface area (Å²) in [7, 11) is -1.59. The Labute approximate surface area is 93.3 Å². The summed E-state index contributed by atoms with van der Waals surface area (Å²) in [5.74, 6) is 0.553. The summed E-state index contributed by atoms with van der Waals surface area (Å²) in [6, 6.07) is 0. The van der Waals surface area contributed by atoms with E-state index in [4.69, 9.17) is 14.5 Å². The lowest BCUT2D eigenvalue weighted by molar-refractivity contribution is 0.410. The molecule has 2 N–H and O–H groups in total. The number of oxazole rings is 1. The number of hydrogen-bond donors (Lipinski definition) is 2.